The first-order chi connectivity index (χ1) is 10.5. The third-order valence-electron chi connectivity index (χ3n) is 3.29. The topological polar surface area (TPSA) is 64.3 Å². The quantitative estimate of drug-likeness (QED) is 0.824. The van der Waals surface area contributed by atoms with Gasteiger partial charge in [-0.05, 0) is 42.3 Å². The van der Waals surface area contributed by atoms with E-state index >= 15 is 0 Å². The summed E-state index contributed by atoms with van der Waals surface area (Å²) < 4.78 is 5.22. The fraction of sp³-hybridized carbons (Fsp3) is 0.235. The first-order valence-corrected chi connectivity index (χ1v) is 7.41. The standard InChI is InChI=1S/C17H19ClN2O2/c1-12(14-4-6-15(18)7-5-14)20-10-13-2-8-16(9-3-13)22-11-17(19)21/h2-9,12,20H,10-11H2,1H3,(H2,19,21)/t12-/m0/s1. The van der Waals surface area contributed by atoms with Crippen molar-refractivity contribution in [3.8, 4) is 5.75 Å². The lowest BCUT2D eigenvalue weighted by Crippen LogP contribution is -2.20. The Labute approximate surface area is 135 Å². The zero-order valence-corrected chi connectivity index (χ0v) is 13.1. The second-order valence-electron chi connectivity index (χ2n) is 5.05. The molecule has 0 bridgehead atoms. The number of halogens is 1. The van der Waals surface area contributed by atoms with Crippen molar-refractivity contribution in [3.05, 3.63) is 64.7 Å². The van der Waals surface area contributed by atoms with E-state index in [0.717, 1.165) is 17.1 Å². The Bertz CT molecular complexity index is 612. The van der Waals surface area contributed by atoms with Gasteiger partial charge in [-0.2, -0.15) is 0 Å². The molecule has 0 aliphatic rings. The molecule has 0 saturated carbocycles. The summed E-state index contributed by atoms with van der Waals surface area (Å²) in [6.45, 7) is 2.73. The number of hydrogen-bond acceptors (Lipinski definition) is 3. The van der Waals surface area contributed by atoms with Crippen LogP contribution in [0.5, 0.6) is 5.75 Å². The summed E-state index contributed by atoms with van der Waals surface area (Å²) in [6.07, 6.45) is 0. The Morgan fingerprint density at radius 1 is 1.18 bits per heavy atom. The number of rotatable bonds is 7. The van der Waals surface area contributed by atoms with Gasteiger partial charge in [0.2, 0.25) is 0 Å². The fourth-order valence-corrected chi connectivity index (χ4v) is 2.12. The molecule has 1 amide bonds. The Hall–Kier alpha value is -2.04. The van der Waals surface area contributed by atoms with Crippen LogP contribution in [0.1, 0.15) is 24.1 Å². The lowest BCUT2D eigenvalue weighted by molar-refractivity contribution is -0.119. The van der Waals surface area contributed by atoms with Gasteiger partial charge in [0.25, 0.3) is 5.91 Å². The first kappa shape index (κ1) is 16.3. The van der Waals surface area contributed by atoms with Crippen LogP contribution in [0.15, 0.2) is 48.5 Å². The predicted octanol–water partition coefficient (Wildman–Crippen LogP) is 3.05. The normalized spacial score (nSPS) is 11.9. The van der Waals surface area contributed by atoms with Gasteiger partial charge in [0, 0.05) is 17.6 Å². The summed E-state index contributed by atoms with van der Waals surface area (Å²) in [4.78, 5) is 10.7. The Kier molecular flexibility index (Phi) is 5.81. The Balaban J connectivity index is 1.85. The maximum absolute atomic E-state index is 10.7. The van der Waals surface area contributed by atoms with Crippen LogP contribution in [0.2, 0.25) is 5.02 Å². The van der Waals surface area contributed by atoms with Gasteiger partial charge in [-0.3, -0.25) is 4.79 Å². The minimum absolute atomic E-state index is 0.106. The van der Waals surface area contributed by atoms with Crippen LogP contribution in [0.25, 0.3) is 0 Å². The molecule has 116 valence electrons. The highest BCUT2D eigenvalue weighted by atomic mass is 35.5. The summed E-state index contributed by atoms with van der Waals surface area (Å²) in [7, 11) is 0. The highest BCUT2D eigenvalue weighted by Gasteiger charge is 2.05. The molecular weight excluding hydrogens is 300 g/mol. The van der Waals surface area contributed by atoms with Crippen molar-refractivity contribution in [2.24, 2.45) is 5.73 Å². The largest absolute Gasteiger partial charge is 0.484 e. The monoisotopic (exact) mass is 318 g/mol. The molecular formula is C17H19ClN2O2. The zero-order valence-electron chi connectivity index (χ0n) is 12.4. The second-order valence-corrected chi connectivity index (χ2v) is 5.49. The van der Waals surface area contributed by atoms with E-state index in [4.69, 9.17) is 22.1 Å². The molecule has 3 N–H and O–H groups in total. The van der Waals surface area contributed by atoms with Gasteiger partial charge < -0.3 is 15.8 Å². The highest BCUT2D eigenvalue weighted by molar-refractivity contribution is 6.30. The van der Waals surface area contributed by atoms with E-state index in [9.17, 15) is 4.79 Å². The van der Waals surface area contributed by atoms with E-state index in [1.165, 1.54) is 5.56 Å². The summed E-state index contributed by atoms with van der Waals surface area (Å²) >= 11 is 5.89. The molecule has 22 heavy (non-hydrogen) atoms. The zero-order chi connectivity index (χ0) is 15.9. The number of nitrogens with one attached hydrogen (secondary N) is 1. The fourth-order valence-electron chi connectivity index (χ4n) is 2.00. The molecule has 0 heterocycles. The molecule has 0 aromatic heterocycles. The number of amides is 1. The van der Waals surface area contributed by atoms with Crippen LogP contribution in [-0.4, -0.2) is 12.5 Å². The third-order valence-corrected chi connectivity index (χ3v) is 3.54. The molecule has 5 heteroatoms. The molecule has 4 nitrogen and oxygen atoms in total. The van der Waals surface area contributed by atoms with Gasteiger partial charge >= 0.3 is 0 Å². The molecule has 0 aliphatic carbocycles. The lowest BCUT2D eigenvalue weighted by atomic mass is 10.1. The third kappa shape index (κ3) is 5.06. The molecule has 0 fully saturated rings. The summed E-state index contributed by atoms with van der Waals surface area (Å²) in [6, 6.07) is 15.6. The minimum Gasteiger partial charge on any atom is -0.484 e. The smallest absolute Gasteiger partial charge is 0.255 e. The molecule has 2 aromatic carbocycles. The predicted molar refractivity (Wildman–Crippen MR) is 87.8 cm³/mol. The van der Waals surface area contributed by atoms with E-state index in [2.05, 4.69) is 12.2 Å². The van der Waals surface area contributed by atoms with Crippen molar-refractivity contribution in [1.82, 2.24) is 5.32 Å². The number of carbonyl (C=O) groups is 1. The highest BCUT2D eigenvalue weighted by Crippen LogP contribution is 2.17. The van der Waals surface area contributed by atoms with E-state index in [-0.39, 0.29) is 12.6 Å². The van der Waals surface area contributed by atoms with Crippen molar-refractivity contribution >= 4 is 17.5 Å². The molecule has 1 atom stereocenters. The molecule has 2 rings (SSSR count). The van der Waals surface area contributed by atoms with Gasteiger partial charge in [0.05, 0.1) is 0 Å². The van der Waals surface area contributed by atoms with Gasteiger partial charge in [-0.25, -0.2) is 0 Å². The van der Waals surface area contributed by atoms with E-state index in [1.54, 1.807) is 0 Å². The maximum Gasteiger partial charge on any atom is 0.255 e. The number of benzene rings is 2. The van der Waals surface area contributed by atoms with Gasteiger partial charge in [0.1, 0.15) is 5.75 Å². The van der Waals surface area contributed by atoms with Crippen LogP contribution in [-0.2, 0) is 11.3 Å². The van der Waals surface area contributed by atoms with Crippen LogP contribution < -0.4 is 15.8 Å². The van der Waals surface area contributed by atoms with Crippen molar-refractivity contribution < 1.29 is 9.53 Å². The van der Waals surface area contributed by atoms with Gasteiger partial charge in [0.15, 0.2) is 6.61 Å². The van der Waals surface area contributed by atoms with Gasteiger partial charge in [-0.15, -0.1) is 0 Å². The maximum atomic E-state index is 10.7. The van der Waals surface area contributed by atoms with Gasteiger partial charge in [-0.1, -0.05) is 35.9 Å². The molecule has 0 aliphatic heterocycles. The van der Waals surface area contributed by atoms with E-state index < -0.39 is 5.91 Å². The molecule has 0 radical (unpaired) electrons. The minimum atomic E-state index is -0.484. The van der Waals surface area contributed by atoms with Crippen LogP contribution in [0.3, 0.4) is 0 Å². The van der Waals surface area contributed by atoms with Crippen molar-refractivity contribution in [1.29, 1.82) is 0 Å². The number of hydrogen-bond donors (Lipinski definition) is 2. The summed E-state index contributed by atoms with van der Waals surface area (Å²) in [5, 5.41) is 4.18. The SMILES string of the molecule is C[C@H](NCc1ccc(OCC(N)=O)cc1)c1ccc(Cl)cc1. The Morgan fingerprint density at radius 2 is 1.82 bits per heavy atom. The van der Waals surface area contributed by atoms with E-state index in [0.29, 0.717) is 5.75 Å². The average Bonchev–Trinajstić information content (AvgIpc) is 2.52. The van der Waals surface area contributed by atoms with Crippen LogP contribution in [0, 0.1) is 0 Å². The van der Waals surface area contributed by atoms with Crippen molar-refractivity contribution in [3.63, 3.8) is 0 Å². The lowest BCUT2D eigenvalue weighted by Gasteiger charge is -2.14. The number of nitrogens with two attached hydrogens (primary N) is 1. The van der Waals surface area contributed by atoms with Crippen LogP contribution >= 0.6 is 11.6 Å². The summed E-state index contributed by atoms with van der Waals surface area (Å²) in [5.41, 5.74) is 7.35. The molecule has 0 saturated heterocycles. The number of ether oxygens (including phenoxy) is 1. The first-order valence-electron chi connectivity index (χ1n) is 7.03. The second kappa shape index (κ2) is 7.82. The molecule has 2 aromatic rings. The van der Waals surface area contributed by atoms with Crippen molar-refractivity contribution in [2.45, 2.75) is 19.5 Å². The van der Waals surface area contributed by atoms with E-state index in [1.807, 2.05) is 48.5 Å². The number of primary amides is 1. The average molecular weight is 319 g/mol. The Morgan fingerprint density at radius 3 is 2.41 bits per heavy atom. The molecule has 0 unspecified atom stereocenters. The van der Waals surface area contributed by atoms with Crippen molar-refractivity contribution in [2.75, 3.05) is 6.61 Å². The number of carbonyl (C=O) groups excluding carboxylic acids is 1. The molecule has 0 spiro atoms. The summed E-state index contributed by atoms with van der Waals surface area (Å²) in [5.74, 6) is 0.149. The van der Waals surface area contributed by atoms with Crippen LogP contribution in [0.4, 0.5) is 0 Å².